The molecule has 0 amide bonds. The topological polar surface area (TPSA) is 43.6 Å². The third-order valence-corrected chi connectivity index (χ3v) is 3.49. The molecule has 0 radical (unpaired) electrons. The van der Waals surface area contributed by atoms with Crippen LogP contribution in [0.5, 0.6) is 0 Å². The summed E-state index contributed by atoms with van der Waals surface area (Å²) < 4.78 is 2.48. The van der Waals surface area contributed by atoms with Crippen molar-refractivity contribution in [3.05, 3.63) is 33.4 Å². The minimum atomic E-state index is 0.512. The van der Waals surface area contributed by atoms with Crippen LogP contribution >= 0.6 is 27.5 Å². The van der Waals surface area contributed by atoms with Gasteiger partial charge in [0.1, 0.15) is 10.4 Å². The van der Waals surface area contributed by atoms with E-state index in [4.69, 9.17) is 11.6 Å². The summed E-state index contributed by atoms with van der Waals surface area (Å²) in [4.78, 5) is 8.90. The zero-order valence-corrected chi connectivity index (χ0v) is 11.5. The van der Waals surface area contributed by atoms with E-state index in [1.807, 2.05) is 13.0 Å². The molecule has 0 aromatic carbocycles. The zero-order valence-electron chi connectivity index (χ0n) is 9.19. The van der Waals surface area contributed by atoms with E-state index >= 15 is 0 Å². The van der Waals surface area contributed by atoms with Crippen LogP contribution in [-0.2, 0) is 0 Å². The molecule has 2 aromatic heterocycles. The maximum absolute atomic E-state index is 6.00. The van der Waals surface area contributed by atoms with Crippen molar-refractivity contribution >= 4 is 27.5 Å². The zero-order chi connectivity index (χ0) is 12.0. The van der Waals surface area contributed by atoms with Crippen LogP contribution in [-0.4, -0.2) is 19.7 Å². The molecule has 3 rings (SSSR count). The van der Waals surface area contributed by atoms with Crippen LogP contribution in [0.3, 0.4) is 0 Å². The lowest BCUT2D eigenvalue weighted by Crippen LogP contribution is -2.03. The first-order valence-electron chi connectivity index (χ1n) is 5.40. The van der Waals surface area contributed by atoms with Crippen molar-refractivity contribution in [1.82, 2.24) is 19.7 Å². The Morgan fingerprint density at radius 1 is 1.41 bits per heavy atom. The minimum absolute atomic E-state index is 0.512. The number of hydrogen-bond acceptors (Lipinski definition) is 3. The Kier molecular flexibility index (Phi) is 2.67. The number of rotatable bonds is 2. The summed E-state index contributed by atoms with van der Waals surface area (Å²) in [7, 11) is 0. The molecule has 1 aliphatic rings. The average Bonchev–Trinajstić information content (AvgIpc) is 3.06. The molecule has 17 heavy (non-hydrogen) atoms. The molecular formula is C11H10BrClN4. The van der Waals surface area contributed by atoms with E-state index in [9.17, 15) is 0 Å². The van der Waals surface area contributed by atoms with Crippen molar-refractivity contribution in [3.63, 3.8) is 0 Å². The van der Waals surface area contributed by atoms with Gasteiger partial charge in [-0.3, -0.25) is 0 Å². The highest BCUT2D eigenvalue weighted by atomic mass is 79.9. The lowest BCUT2D eigenvalue weighted by molar-refractivity contribution is 0.796. The van der Waals surface area contributed by atoms with Crippen molar-refractivity contribution in [2.24, 2.45) is 0 Å². The second-order valence-electron chi connectivity index (χ2n) is 4.19. The van der Waals surface area contributed by atoms with Crippen molar-refractivity contribution in [2.75, 3.05) is 0 Å². The fourth-order valence-corrected chi connectivity index (χ4v) is 2.14. The smallest absolute Gasteiger partial charge is 0.158 e. The maximum atomic E-state index is 6.00. The minimum Gasteiger partial charge on any atom is -0.226 e. The van der Waals surface area contributed by atoms with Crippen molar-refractivity contribution in [3.8, 4) is 5.82 Å². The van der Waals surface area contributed by atoms with Crippen LogP contribution in [0.25, 0.3) is 5.82 Å². The van der Waals surface area contributed by atoms with E-state index in [0.29, 0.717) is 10.9 Å². The van der Waals surface area contributed by atoms with E-state index in [2.05, 4.69) is 31.0 Å². The molecule has 0 bridgehead atoms. The first-order valence-corrected chi connectivity index (χ1v) is 6.57. The van der Waals surface area contributed by atoms with Crippen LogP contribution < -0.4 is 0 Å². The van der Waals surface area contributed by atoms with Gasteiger partial charge in [-0.1, -0.05) is 11.6 Å². The third kappa shape index (κ3) is 2.21. The maximum Gasteiger partial charge on any atom is 0.158 e. The van der Waals surface area contributed by atoms with Gasteiger partial charge >= 0.3 is 0 Å². The van der Waals surface area contributed by atoms with E-state index in [0.717, 1.165) is 21.9 Å². The van der Waals surface area contributed by atoms with Gasteiger partial charge < -0.3 is 0 Å². The second-order valence-corrected chi connectivity index (χ2v) is 5.41. The first kappa shape index (κ1) is 11.2. The van der Waals surface area contributed by atoms with Gasteiger partial charge in [-0.05, 0) is 35.7 Å². The van der Waals surface area contributed by atoms with Crippen LogP contribution in [0, 0.1) is 6.92 Å². The molecule has 1 saturated carbocycles. The highest BCUT2D eigenvalue weighted by Gasteiger charge is 2.27. The monoisotopic (exact) mass is 312 g/mol. The van der Waals surface area contributed by atoms with Crippen LogP contribution in [0.4, 0.5) is 0 Å². The summed E-state index contributed by atoms with van der Waals surface area (Å²) in [5.74, 6) is 2.15. The number of aromatic nitrogens is 4. The largest absolute Gasteiger partial charge is 0.226 e. The summed E-state index contributed by atoms with van der Waals surface area (Å²) in [5, 5.41) is 4.96. The van der Waals surface area contributed by atoms with Gasteiger partial charge in [0.05, 0.1) is 16.9 Å². The summed E-state index contributed by atoms with van der Waals surface area (Å²) in [6.07, 6.45) is 4.12. The van der Waals surface area contributed by atoms with Crippen molar-refractivity contribution < 1.29 is 0 Å². The fraction of sp³-hybridized carbons (Fsp3) is 0.364. The number of hydrogen-bond donors (Lipinski definition) is 0. The van der Waals surface area contributed by atoms with Gasteiger partial charge in [-0.2, -0.15) is 5.10 Å². The highest BCUT2D eigenvalue weighted by Crippen LogP contribution is 2.38. The van der Waals surface area contributed by atoms with E-state index in [-0.39, 0.29) is 0 Å². The Morgan fingerprint density at radius 2 is 2.18 bits per heavy atom. The molecule has 6 heteroatoms. The van der Waals surface area contributed by atoms with Gasteiger partial charge in [0.2, 0.25) is 0 Å². The van der Waals surface area contributed by atoms with Crippen LogP contribution in [0.1, 0.15) is 30.3 Å². The second kappa shape index (κ2) is 4.07. The number of halogens is 2. The van der Waals surface area contributed by atoms with Gasteiger partial charge in [0, 0.05) is 12.0 Å². The molecule has 0 saturated heterocycles. The van der Waals surface area contributed by atoms with Crippen LogP contribution in [0.15, 0.2) is 16.9 Å². The molecule has 1 fully saturated rings. The molecule has 0 atom stereocenters. The van der Waals surface area contributed by atoms with Crippen LogP contribution in [0.2, 0.25) is 5.02 Å². The summed E-state index contributed by atoms with van der Waals surface area (Å²) in [6, 6.07) is 1.84. The normalized spacial score (nSPS) is 15.2. The van der Waals surface area contributed by atoms with Gasteiger partial charge in [0.15, 0.2) is 5.82 Å². The average molecular weight is 314 g/mol. The Balaban J connectivity index is 2.07. The third-order valence-electron chi connectivity index (χ3n) is 2.71. The molecule has 0 aliphatic heterocycles. The predicted octanol–water partition coefficient (Wildman–Crippen LogP) is 3.26. The van der Waals surface area contributed by atoms with Crippen molar-refractivity contribution in [2.45, 2.75) is 25.7 Å². The standard InChI is InChI=1S/C11H10BrClN4/c1-6-8(13)5-17(16-6)10-4-9(12)14-11(15-10)7-2-3-7/h4-5,7H,2-3H2,1H3. The van der Waals surface area contributed by atoms with E-state index in [1.54, 1.807) is 10.9 Å². The Hall–Kier alpha value is -0.940. The molecule has 2 aromatic rings. The Morgan fingerprint density at radius 3 is 2.76 bits per heavy atom. The molecule has 1 aliphatic carbocycles. The molecule has 2 heterocycles. The molecule has 0 N–H and O–H groups in total. The molecular weight excluding hydrogens is 304 g/mol. The lowest BCUT2D eigenvalue weighted by Gasteiger charge is -2.03. The number of aryl methyl sites for hydroxylation is 1. The van der Waals surface area contributed by atoms with Gasteiger partial charge in [-0.25, -0.2) is 14.6 Å². The lowest BCUT2D eigenvalue weighted by atomic mass is 10.4. The molecule has 88 valence electrons. The summed E-state index contributed by atoms with van der Waals surface area (Å²) in [5.41, 5.74) is 0.800. The molecule has 4 nitrogen and oxygen atoms in total. The predicted molar refractivity (Wildman–Crippen MR) is 68.6 cm³/mol. The first-order chi connectivity index (χ1) is 8.13. The Labute approximate surface area is 112 Å². The SMILES string of the molecule is Cc1nn(-c2cc(Br)nc(C3CC3)n2)cc1Cl. The number of nitrogens with zero attached hydrogens (tertiary/aromatic N) is 4. The summed E-state index contributed by atoms with van der Waals surface area (Å²) >= 11 is 9.40. The van der Waals surface area contributed by atoms with Gasteiger partial charge in [-0.15, -0.1) is 0 Å². The summed E-state index contributed by atoms with van der Waals surface area (Å²) in [6.45, 7) is 1.87. The molecule has 0 spiro atoms. The van der Waals surface area contributed by atoms with E-state index in [1.165, 1.54) is 12.8 Å². The van der Waals surface area contributed by atoms with Gasteiger partial charge in [0.25, 0.3) is 0 Å². The molecule has 0 unspecified atom stereocenters. The van der Waals surface area contributed by atoms with E-state index < -0.39 is 0 Å². The quantitative estimate of drug-likeness (QED) is 0.799. The van der Waals surface area contributed by atoms with Crippen molar-refractivity contribution in [1.29, 1.82) is 0 Å². The fourth-order valence-electron chi connectivity index (χ4n) is 1.62. The highest BCUT2D eigenvalue weighted by molar-refractivity contribution is 9.10. The Bertz CT molecular complexity index is 557.